The van der Waals surface area contributed by atoms with Crippen LogP contribution in [-0.4, -0.2) is 48.9 Å². The number of carbonyl (C=O) groups excluding carboxylic acids is 2. The van der Waals surface area contributed by atoms with Gasteiger partial charge in [0, 0.05) is 13.1 Å². The summed E-state index contributed by atoms with van der Waals surface area (Å²) in [7, 11) is 1.82. The predicted octanol–water partition coefficient (Wildman–Crippen LogP) is 2.26. The SMILES string of the molecule is CC(NC(=O)c1ccc(Br)s1)C(=O)N(C)C1CCNCC1.Cl. The third-order valence-electron chi connectivity index (χ3n) is 3.72. The van der Waals surface area contributed by atoms with Gasteiger partial charge in [0.2, 0.25) is 5.91 Å². The van der Waals surface area contributed by atoms with Gasteiger partial charge in [0.05, 0.1) is 8.66 Å². The van der Waals surface area contributed by atoms with Crippen molar-refractivity contribution in [2.45, 2.75) is 31.8 Å². The van der Waals surface area contributed by atoms with E-state index >= 15 is 0 Å². The normalized spacial score (nSPS) is 16.5. The third-order valence-corrected chi connectivity index (χ3v) is 5.34. The summed E-state index contributed by atoms with van der Waals surface area (Å²) >= 11 is 4.69. The van der Waals surface area contributed by atoms with Crippen molar-refractivity contribution >= 4 is 51.5 Å². The molecule has 1 aromatic heterocycles. The first-order chi connectivity index (χ1) is 9.99. The van der Waals surface area contributed by atoms with Crippen molar-refractivity contribution in [1.82, 2.24) is 15.5 Å². The number of nitrogens with zero attached hydrogens (tertiary/aromatic N) is 1. The number of halogens is 2. The number of hydrogen-bond acceptors (Lipinski definition) is 4. The number of rotatable bonds is 4. The van der Waals surface area contributed by atoms with Gasteiger partial charge in [-0.2, -0.15) is 0 Å². The molecule has 1 fully saturated rings. The highest BCUT2D eigenvalue weighted by Crippen LogP contribution is 2.22. The van der Waals surface area contributed by atoms with Crippen molar-refractivity contribution in [3.63, 3.8) is 0 Å². The molecule has 124 valence electrons. The Balaban J connectivity index is 0.00000242. The first-order valence-corrected chi connectivity index (χ1v) is 8.63. The summed E-state index contributed by atoms with van der Waals surface area (Å²) < 4.78 is 0.901. The maximum atomic E-state index is 12.4. The van der Waals surface area contributed by atoms with Crippen molar-refractivity contribution in [3.8, 4) is 0 Å². The second-order valence-corrected chi connectivity index (χ2v) is 7.69. The highest BCUT2D eigenvalue weighted by atomic mass is 79.9. The minimum atomic E-state index is -0.515. The number of likely N-dealkylation sites (N-methyl/N-ethyl adjacent to an activating group) is 1. The van der Waals surface area contributed by atoms with E-state index in [-0.39, 0.29) is 30.3 Å². The largest absolute Gasteiger partial charge is 0.341 e. The smallest absolute Gasteiger partial charge is 0.262 e. The molecule has 2 heterocycles. The van der Waals surface area contributed by atoms with Crippen LogP contribution in [0.15, 0.2) is 15.9 Å². The highest BCUT2D eigenvalue weighted by Gasteiger charge is 2.26. The first kappa shape index (κ1) is 19.4. The van der Waals surface area contributed by atoms with E-state index in [2.05, 4.69) is 26.6 Å². The predicted molar refractivity (Wildman–Crippen MR) is 94.9 cm³/mol. The van der Waals surface area contributed by atoms with Crippen LogP contribution >= 0.6 is 39.7 Å². The van der Waals surface area contributed by atoms with Crippen LogP contribution in [0.2, 0.25) is 0 Å². The molecule has 1 aromatic rings. The fourth-order valence-electron chi connectivity index (χ4n) is 2.45. The van der Waals surface area contributed by atoms with Gasteiger partial charge in [-0.3, -0.25) is 9.59 Å². The molecule has 1 saturated heterocycles. The Morgan fingerprint density at radius 3 is 2.59 bits per heavy atom. The lowest BCUT2D eigenvalue weighted by atomic mass is 10.0. The number of amides is 2. The zero-order valence-corrected chi connectivity index (χ0v) is 15.8. The number of nitrogens with one attached hydrogen (secondary N) is 2. The molecule has 1 atom stereocenters. The molecule has 0 saturated carbocycles. The monoisotopic (exact) mass is 409 g/mol. The molecule has 22 heavy (non-hydrogen) atoms. The van der Waals surface area contributed by atoms with Crippen molar-refractivity contribution in [1.29, 1.82) is 0 Å². The Morgan fingerprint density at radius 2 is 2.05 bits per heavy atom. The Labute approximate surface area is 149 Å². The van der Waals surface area contributed by atoms with E-state index in [1.54, 1.807) is 17.9 Å². The summed E-state index contributed by atoms with van der Waals surface area (Å²) in [4.78, 5) is 26.8. The standard InChI is InChI=1S/C14H20BrN3O2S.ClH/c1-9(17-13(19)11-3-4-12(15)21-11)14(20)18(2)10-5-7-16-8-6-10;/h3-4,9-10,16H,5-8H2,1-2H3,(H,17,19);1H. The van der Waals surface area contributed by atoms with Crippen LogP contribution in [0, 0.1) is 0 Å². The van der Waals surface area contributed by atoms with Crippen molar-refractivity contribution in [2.75, 3.05) is 20.1 Å². The summed E-state index contributed by atoms with van der Waals surface area (Å²) in [6.45, 7) is 3.61. The summed E-state index contributed by atoms with van der Waals surface area (Å²) in [5, 5.41) is 6.06. The highest BCUT2D eigenvalue weighted by molar-refractivity contribution is 9.11. The van der Waals surface area contributed by atoms with Crippen LogP contribution in [0.25, 0.3) is 0 Å². The molecule has 0 aliphatic carbocycles. The molecule has 0 aromatic carbocycles. The van der Waals surface area contributed by atoms with Crippen LogP contribution in [0.3, 0.4) is 0 Å². The summed E-state index contributed by atoms with van der Waals surface area (Å²) in [6.07, 6.45) is 1.92. The van der Waals surface area contributed by atoms with Crippen molar-refractivity contribution in [2.24, 2.45) is 0 Å². The van der Waals surface area contributed by atoms with Crippen LogP contribution in [0.5, 0.6) is 0 Å². The molecule has 2 amide bonds. The minimum Gasteiger partial charge on any atom is -0.341 e. The first-order valence-electron chi connectivity index (χ1n) is 7.02. The van der Waals surface area contributed by atoms with Gasteiger partial charge in [0.15, 0.2) is 0 Å². The summed E-state index contributed by atoms with van der Waals surface area (Å²) in [6, 6.07) is 3.32. The van der Waals surface area contributed by atoms with E-state index in [0.29, 0.717) is 4.88 Å². The van der Waals surface area contributed by atoms with Gasteiger partial charge in [0.1, 0.15) is 6.04 Å². The molecule has 1 unspecified atom stereocenters. The van der Waals surface area contributed by atoms with Crippen molar-refractivity contribution < 1.29 is 9.59 Å². The van der Waals surface area contributed by atoms with E-state index in [9.17, 15) is 9.59 Å². The Hall–Kier alpha value is -0.630. The molecule has 1 aliphatic heterocycles. The van der Waals surface area contributed by atoms with Gasteiger partial charge in [-0.1, -0.05) is 0 Å². The van der Waals surface area contributed by atoms with E-state index in [1.165, 1.54) is 11.3 Å². The number of carbonyl (C=O) groups is 2. The molecule has 1 aliphatic rings. The molecule has 8 heteroatoms. The fourth-order valence-corrected chi connectivity index (χ4v) is 3.73. The maximum absolute atomic E-state index is 12.4. The van der Waals surface area contributed by atoms with Gasteiger partial charge in [-0.25, -0.2) is 0 Å². The number of hydrogen-bond donors (Lipinski definition) is 2. The second kappa shape index (κ2) is 8.86. The minimum absolute atomic E-state index is 0. The molecule has 0 spiro atoms. The Morgan fingerprint density at radius 1 is 1.41 bits per heavy atom. The molecule has 5 nitrogen and oxygen atoms in total. The zero-order valence-electron chi connectivity index (χ0n) is 12.6. The quantitative estimate of drug-likeness (QED) is 0.800. The van der Waals surface area contributed by atoms with Crippen molar-refractivity contribution in [3.05, 3.63) is 20.8 Å². The lowest BCUT2D eigenvalue weighted by Gasteiger charge is -2.33. The molecular weight excluding hydrogens is 390 g/mol. The Bertz CT molecular complexity index is 520. The van der Waals surface area contributed by atoms with E-state index in [4.69, 9.17) is 0 Å². The van der Waals surface area contributed by atoms with Gasteiger partial charge in [-0.15, -0.1) is 23.7 Å². The maximum Gasteiger partial charge on any atom is 0.262 e. The van der Waals surface area contributed by atoms with Crippen LogP contribution in [0.1, 0.15) is 29.4 Å². The topological polar surface area (TPSA) is 61.4 Å². The molecule has 2 N–H and O–H groups in total. The van der Waals surface area contributed by atoms with Crippen LogP contribution in [0.4, 0.5) is 0 Å². The summed E-state index contributed by atoms with van der Waals surface area (Å²) in [5.41, 5.74) is 0. The van der Waals surface area contributed by atoms with E-state index < -0.39 is 6.04 Å². The van der Waals surface area contributed by atoms with E-state index in [1.807, 2.05) is 13.1 Å². The van der Waals surface area contributed by atoms with Crippen LogP contribution < -0.4 is 10.6 Å². The van der Waals surface area contributed by atoms with Gasteiger partial charge in [0.25, 0.3) is 5.91 Å². The van der Waals surface area contributed by atoms with Crippen LogP contribution in [-0.2, 0) is 4.79 Å². The fraction of sp³-hybridized carbons (Fsp3) is 0.571. The van der Waals surface area contributed by atoms with Gasteiger partial charge >= 0.3 is 0 Å². The molecular formula is C14H21BrClN3O2S. The average molecular weight is 411 g/mol. The second-order valence-electron chi connectivity index (χ2n) is 5.23. The number of piperidine rings is 1. The summed E-state index contributed by atoms with van der Waals surface area (Å²) in [5.74, 6) is -0.240. The molecule has 2 rings (SSSR count). The lowest BCUT2D eigenvalue weighted by Crippen LogP contribution is -2.51. The lowest BCUT2D eigenvalue weighted by molar-refractivity contribution is -0.134. The van der Waals surface area contributed by atoms with Gasteiger partial charge in [-0.05, 0) is 60.9 Å². The average Bonchev–Trinajstić information content (AvgIpc) is 2.93. The van der Waals surface area contributed by atoms with Gasteiger partial charge < -0.3 is 15.5 Å². The zero-order chi connectivity index (χ0) is 15.4. The Kier molecular flexibility index (Phi) is 7.82. The third kappa shape index (κ3) is 4.94. The molecule has 0 radical (unpaired) electrons. The van der Waals surface area contributed by atoms with E-state index in [0.717, 1.165) is 29.7 Å². The number of thiophene rings is 1. The molecule has 0 bridgehead atoms.